The molecule has 2 heteroatoms. The molecule has 1 aromatic carbocycles. The summed E-state index contributed by atoms with van der Waals surface area (Å²) in [7, 11) is 0. The first-order valence-corrected chi connectivity index (χ1v) is 5.71. The van der Waals surface area contributed by atoms with Gasteiger partial charge in [0, 0.05) is 28.6 Å². The first kappa shape index (κ1) is 12.1. The molecule has 0 aliphatic rings. The van der Waals surface area contributed by atoms with Gasteiger partial charge in [-0.3, -0.25) is 9.78 Å². The van der Waals surface area contributed by atoms with Gasteiger partial charge in [-0.25, -0.2) is 0 Å². The zero-order chi connectivity index (χ0) is 13.0. The van der Waals surface area contributed by atoms with E-state index in [-0.39, 0.29) is 5.78 Å². The van der Waals surface area contributed by atoms with Gasteiger partial charge in [-0.15, -0.1) is 0 Å². The predicted molar refractivity (Wildman–Crippen MR) is 71.4 cm³/mol. The van der Waals surface area contributed by atoms with Gasteiger partial charge in [-0.05, 0) is 38.1 Å². The summed E-state index contributed by atoms with van der Waals surface area (Å²) in [5, 5.41) is 0. The number of Topliss-reactive ketones (excluding diaryl/α,β-unsaturated/α-hetero) is 1. The monoisotopic (exact) mass is 235 g/mol. The fourth-order valence-electron chi connectivity index (χ4n) is 1.56. The van der Waals surface area contributed by atoms with Crippen molar-refractivity contribution >= 4 is 5.78 Å². The molecule has 0 fully saturated rings. The molecule has 2 rings (SSSR count). The highest BCUT2D eigenvalue weighted by atomic mass is 16.1. The third kappa shape index (κ3) is 3.05. The number of aromatic nitrogens is 1. The van der Waals surface area contributed by atoms with Crippen LogP contribution in [0.25, 0.3) is 0 Å². The van der Waals surface area contributed by atoms with Crippen LogP contribution < -0.4 is 0 Å². The molecule has 0 amide bonds. The molecular weight excluding hydrogens is 222 g/mol. The molecule has 0 saturated carbocycles. The Morgan fingerprint density at radius 2 is 1.72 bits per heavy atom. The van der Waals surface area contributed by atoms with Crippen LogP contribution in [0.2, 0.25) is 0 Å². The standard InChI is InChI=1S/C16H13NO/c1-12-11-15(9-10-17-12)4-3-14-5-7-16(8-6-14)13(2)18/h5-11H,1-2H3. The van der Waals surface area contributed by atoms with Gasteiger partial charge in [0.1, 0.15) is 0 Å². The molecule has 0 saturated heterocycles. The topological polar surface area (TPSA) is 30.0 Å². The van der Waals surface area contributed by atoms with Gasteiger partial charge in [0.15, 0.2) is 5.78 Å². The van der Waals surface area contributed by atoms with Gasteiger partial charge in [0.25, 0.3) is 0 Å². The molecule has 0 atom stereocenters. The lowest BCUT2D eigenvalue weighted by molar-refractivity contribution is 0.101. The van der Waals surface area contributed by atoms with E-state index in [2.05, 4.69) is 16.8 Å². The lowest BCUT2D eigenvalue weighted by atomic mass is 10.1. The highest BCUT2D eigenvalue weighted by Gasteiger charge is 1.96. The average molecular weight is 235 g/mol. The lowest BCUT2D eigenvalue weighted by Crippen LogP contribution is -1.90. The van der Waals surface area contributed by atoms with Gasteiger partial charge in [-0.1, -0.05) is 24.0 Å². The summed E-state index contributed by atoms with van der Waals surface area (Å²) < 4.78 is 0. The van der Waals surface area contributed by atoms with Crippen LogP contribution in [0.1, 0.15) is 34.1 Å². The molecule has 2 nitrogen and oxygen atoms in total. The third-order valence-corrected chi connectivity index (χ3v) is 2.54. The summed E-state index contributed by atoms with van der Waals surface area (Å²) in [6, 6.07) is 11.1. The SMILES string of the molecule is CC(=O)c1ccc(C#Cc2ccnc(C)c2)cc1. The fourth-order valence-corrected chi connectivity index (χ4v) is 1.56. The number of hydrogen-bond donors (Lipinski definition) is 0. The van der Waals surface area contributed by atoms with Gasteiger partial charge >= 0.3 is 0 Å². The quantitative estimate of drug-likeness (QED) is 0.562. The lowest BCUT2D eigenvalue weighted by Gasteiger charge is -1.95. The highest BCUT2D eigenvalue weighted by molar-refractivity contribution is 5.94. The number of hydrogen-bond acceptors (Lipinski definition) is 2. The van der Waals surface area contributed by atoms with Crippen molar-refractivity contribution in [2.24, 2.45) is 0 Å². The Bertz CT molecular complexity index is 630. The molecule has 1 aromatic heterocycles. The Balaban J connectivity index is 2.22. The summed E-state index contributed by atoms with van der Waals surface area (Å²) in [6.07, 6.45) is 1.75. The first-order valence-electron chi connectivity index (χ1n) is 5.71. The smallest absolute Gasteiger partial charge is 0.159 e. The summed E-state index contributed by atoms with van der Waals surface area (Å²) >= 11 is 0. The molecule has 0 spiro atoms. The van der Waals surface area contributed by atoms with Crippen LogP contribution in [0.5, 0.6) is 0 Å². The fraction of sp³-hybridized carbons (Fsp3) is 0.125. The van der Waals surface area contributed by atoms with Crippen LogP contribution in [-0.2, 0) is 0 Å². The number of carbonyl (C=O) groups is 1. The maximum atomic E-state index is 11.1. The summed E-state index contributed by atoms with van der Waals surface area (Å²) in [4.78, 5) is 15.3. The minimum absolute atomic E-state index is 0.0688. The van der Waals surface area contributed by atoms with Crippen LogP contribution in [0.15, 0.2) is 42.6 Å². The zero-order valence-electron chi connectivity index (χ0n) is 10.4. The molecule has 0 aliphatic carbocycles. The maximum Gasteiger partial charge on any atom is 0.159 e. The number of nitrogens with zero attached hydrogens (tertiary/aromatic N) is 1. The van der Waals surface area contributed by atoms with Crippen LogP contribution in [0, 0.1) is 18.8 Å². The van der Waals surface area contributed by atoms with Crippen molar-refractivity contribution in [2.45, 2.75) is 13.8 Å². The molecule has 0 unspecified atom stereocenters. The molecule has 1 heterocycles. The number of rotatable bonds is 1. The largest absolute Gasteiger partial charge is 0.295 e. The van der Waals surface area contributed by atoms with Crippen molar-refractivity contribution in [1.29, 1.82) is 0 Å². The van der Waals surface area contributed by atoms with Gasteiger partial charge < -0.3 is 0 Å². The van der Waals surface area contributed by atoms with E-state index < -0.39 is 0 Å². The molecule has 18 heavy (non-hydrogen) atoms. The molecule has 2 aromatic rings. The maximum absolute atomic E-state index is 11.1. The number of carbonyl (C=O) groups excluding carboxylic acids is 1. The summed E-state index contributed by atoms with van der Waals surface area (Å²) in [5.41, 5.74) is 3.50. The van der Waals surface area contributed by atoms with E-state index in [9.17, 15) is 4.79 Å². The van der Waals surface area contributed by atoms with Crippen LogP contribution in [-0.4, -0.2) is 10.8 Å². The second-order valence-electron chi connectivity index (χ2n) is 4.07. The minimum Gasteiger partial charge on any atom is -0.295 e. The average Bonchev–Trinajstić information content (AvgIpc) is 2.37. The second-order valence-corrected chi connectivity index (χ2v) is 4.07. The molecule has 0 radical (unpaired) electrons. The van der Waals surface area contributed by atoms with Crippen molar-refractivity contribution in [3.63, 3.8) is 0 Å². The van der Waals surface area contributed by atoms with Crippen LogP contribution in [0.4, 0.5) is 0 Å². The van der Waals surface area contributed by atoms with Crippen LogP contribution in [0.3, 0.4) is 0 Å². The van der Waals surface area contributed by atoms with E-state index in [1.807, 2.05) is 31.2 Å². The molecule has 0 N–H and O–H groups in total. The van der Waals surface area contributed by atoms with Crippen molar-refractivity contribution < 1.29 is 4.79 Å². The van der Waals surface area contributed by atoms with E-state index in [1.165, 1.54) is 0 Å². The van der Waals surface area contributed by atoms with E-state index in [1.54, 1.807) is 25.3 Å². The number of pyridine rings is 1. The Kier molecular flexibility index (Phi) is 3.54. The minimum atomic E-state index is 0.0688. The molecule has 0 aliphatic heterocycles. The first-order chi connectivity index (χ1) is 8.65. The zero-order valence-corrected chi connectivity index (χ0v) is 10.4. The Morgan fingerprint density at radius 3 is 2.33 bits per heavy atom. The summed E-state index contributed by atoms with van der Waals surface area (Å²) in [6.45, 7) is 3.49. The van der Waals surface area contributed by atoms with E-state index in [0.717, 1.165) is 16.8 Å². The van der Waals surface area contributed by atoms with Crippen molar-refractivity contribution in [3.05, 3.63) is 65.0 Å². The van der Waals surface area contributed by atoms with Crippen molar-refractivity contribution in [2.75, 3.05) is 0 Å². The van der Waals surface area contributed by atoms with Gasteiger partial charge in [-0.2, -0.15) is 0 Å². The Morgan fingerprint density at radius 1 is 1.06 bits per heavy atom. The van der Waals surface area contributed by atoms with E-state index in [4.69, 9.17) is 0 Å². The van der Waals surface area contributed by atoms with Crippen molar-refractivity contribution in [3.8, 4) is 11.8 Å². The molecular formula is C16H13NO. The Hall–Kier alpha value is -2.40. The number of benzene rings is 1. The van der Waals surface area contributed by atoms with Crippen LogP contribution >= 0.6 is 0 Å². The number of aryl methyl sites for hydroxylation is 1. The summed E-state index contributed by atoms with van der Waals surface area (Å²) in [5.74, 6) is 6.21. The van der Waals surface area contributed by atoms with Gasteiger partial charge in [0.05, 0.1) is 0 Å². The highest BCUT2D eigenvalue weighted by Crippen LogP contribution is 2.05. The second kappa shape index (κ2) is 5.29. The Labute approximate surface area is 107 Å². The van der Waals surface area contributed by atoms with E-state index >= 15 is 0 Å². The molecule has 0 bridgehead atoms. The predicted octanol–water partition coefficient (Wildman–Crippen LogP) is 2.99. The van der Waals surface area contributed by atoms with E-state index in [0.29, 0.717) is 5.56 Å². The third-order valence-electron chi connectivity index (χ3n) is 2.54. The normalized spacial score (nSPS) is 9.44. The number of ketones is 1. The van der Waals surface area contributed by atoms with Gasteiger partial charge in [0.2, 0.25) is 0 Å². The molecule has 88 valence electrons. The van der Waals surface area contributed by atoms with Crippen molar-refractivity contribution in [1.82, 2.24) is 4.98 Å².